The van der Waals surface area contributed by atoms with Crippen molar-refractivity contribution >= 4 is 23.5 Å². The van der Waals surface area contributed by atoms with E-state index >= 15 is 0 Å². The van der Waals surface area contributed by atoms with Crippen molar-refractivity contribution in [3.63, 3.8) is 0 Å². The summed E-state index contributed by atoms with van der Waals surface area (Å²) in [6, 6.07) is 8.15. The van der Waals surface area contributed by atoms with E-state index in [0.717, 1.165) is 0 Å². The lowest BCUT2D eigenvalue weighted by Gasteiger charge is -2.27. The molecule has 4 rings (SSSR count). The monoisotopic (exact) mass is 606 g/mol. The first-order chi connectivity index (χ1) is 20.1. The summed E-state index contributed by atoms with van der Waals surface area (Å²) in [5.74, 6) is -17.2. The number of nitrogen functional groups attached to an aromatic ring is 2. The Balaban J connectivity index is 1.65. The zero-order chi connectivity index (χ0) is 32.0. The molecule has 0 aromatic heterocycles. The third-order valence-corrected chi connectivity index (χ3v) is 6.81. The molecule has 0 aliphatic rings. The average molecular weight is 607 g/mol. The van der Waals surface area contributed by atoms with Gasteiger partial charge in [-0.2, -0.15) is 17.6 Å². The second kappa shape index (κ2) is 11.3. The molecular formula is C31H22F8N2O2. The number of hydrogen-bond donors (Lipinski definition) is 2. The predicted octanol–water partition coefficient (Wildman–Crippen LogP) is 9.16. The van der Waals surface area contributed by atoms with Gasteiger partial charge >= 0.3 is 0 Å². The van der Waals surface area contributed by atoms with E-state index in [9.17, 15) is 35.1 Å². The molecule has 0 heterocycles. The van der Waals surface area contributed by atoms with Crippen LogP contribution in [0, 0.1) is 46.5 Å². The molecular weight excluding hydrogens is 584 g/mol. The highest BCUT2D eigenvalue weighted by atomic mass is 19.2. The lowest BCUT2D eigenvalue weighted by Crippen LogP contribution is -2.19. The molecule has 4 nitrogen and oxygen atoms in total. The van der Waals surface area contributed by atoms with Gasteiger partial charge in [0, 0.05) is 5.41 Å². The molecule has 4 N–H and O–H groups in total. The average Bonchev–Trinajstić information content (AvgIpc) is 2.97. The zero-order valence-electron chi connectivity index (χ0n) is 22.5. The molecule has 0 aliphatic heterocycles. The molecule has 224 valence electrons. The van der Waals surface area contributed by atoms with E-state index in [1.807, 2.05) is 0 Å². The summed E-state index contributed by atoms with van der Waals surface area (Å²) in [7, 11) is 0. The molecule has 0 unspecified atom stereocenters. The smallest absolute Gasteiger partial charge is 0.205 e. The highest BCUT2D eigenvalue weighted by Crippen LogP contribution is 2.41. The van der Waals surface area contributed by atoms with Gasteiger partial charge in [-0.3, -0.25) is 0 Å². The Labute approximate surface area is 240 Å². The first-order valence-corrected chi connectivity index (χ1v) is 12.3. The van der Waals surface area contributed by atoms with Crippen molar-refractivity contribution in [3.8, 4) is 23.0 Å². The molecule has 4 aromatic carbocycles. The first-order valence-electron chi connectivity index (χ1n) is 12.3. The fraction of sp³-hybridized carbons (Fsp3) is 0.0968. The number of ether oxygens (including phenoxy) is 2. The second-order valence-electron chi connectivity index (χ2n) is 9.74. The minimum absolute atomic E-state index is 0.149. The van der Waals surface area contributed by atoms with E-state index < -0.39 is 74.6 Å². The summed E-state index contributed by atoms with van der Waals surface area (Å²) in [5.41, 5.74) is 9.88. The van der Waals surface area contributed by atoms with Crippen LogP contribution in [-0.4, -0.2) is 0 Å². The van der Waals surface area contributed by atoms with Gasteiger partial charge in [-0.1, -0.05) is 51.3 Å². The third-order valence-electron chi connectivity index (χ3n) is 6.81. The van der Waals surface area contributed by atoms with Crippen LogP contribution in [0.3, 0.4) is 0 Å². The van der Waals surface area contributed by atoms with Crippen molar-refractivity contribution in [1.82, 2.24) is 0 Å². The van der Waals surface area contributed by atoms with Gasteiger partial charge in [0.25, 0.3) is 0 Å². The van der Waals surface area contributed by atoms with Gasteiger partial charge in [0.1, 0.15) is 0 Å². The molecule has 0 fully saturated rings. The standard InChI is InChI=1S/C31H22F8N2O2/c1-5-15-21(32)25(36)29(26(37)22(15)33)42-19-9-7-13(11-17(19)40)31(3,4)14-8-10-20(18(41)12-14)43-30-27(38)23(34)16(6-2)24(35)28(30)39/h5-12H,1-2,40-41H2,3-4H3. The molecule has 0 spiro atoms. The van der Waals surface area contributed by atoms with Crippen LogP contribution in [0.5, 0.6) is 23.0 Å². The summed E-state index contributed by atoms with van der Waals surface area (Å²) in [5, 5.41) is 0. The number of benzene rings is 4. The normalized spacial score (nSPS) is 11.4. The maximum Gasteiger partial charge on any atom is 0.205 e. The van der Waals surface area contributed by atoms with Crippen LogP contribution in [0.1, 0.15) is 36.1 Å². The molecule has 0 atom stereocenters. The van der Waals surface area contributed by atoms with E-state index in [1.165, 1.54) is 36.4 Å². The number of anilines is 2. The van der Waals surface area contributed by atoms with Crippen molar-refractivity contribution in [3.05, 3.63) is 118 Å². The van der Waals surface area contributed by atoms with Crippen molar-refractivity contribution in [2.45, 2.75) is 19.3 Å². The number of nitrogens with two attached hydrogens (primary N) is 2. The highest BCUT2D eigenvalue weighted by molar-refractivity contribution is 5.62. The molecule has 0 saturated carbocycles. The Bertz CT molecular complexity index is 1620. The van der Waals surface area contributed by atoms with Gasteiger partial charge in [0.05, 0.1) is 22.5 Å². The quantitative estimate of drug-likeness (QED) is 0.119. The van der Waals surface area contributed by atoms with Crippen LogP contribution in [0.25, 0.3) is 12.2 Å². The highest BCUT2D eigenvalue weighted by Gasteiger charge is 2.29. The van der Waals surface area contributed by atoms with E-state index in [0.29, 0.717) is 23.3 Å². The molecule has 0 saturated heterocycles. The van der Waals surface area contributed by atoms with Gasteiger partial charge in [-0.15, -0.1) is 0 Å². The van der Waals surface area contributed by atoms with Crippen LogP contribution >= 0.6 is 0 Å². The van der Waals surface area contributed by atoms with Crippen molar-refractivity contribution in [2.24, 2.45) is 0 Å². The van der Waals surface area contributed by atoms with Crippen LogP contribution < -0.4 is 20.9 Å². The van der Waals surface area contributed by atoms with Gasteiger partial charge in [0.2, 0.25) is 34.8 Å². The number of halogens is 8. The Morgan fingerprint density at radius 2 is 0.860 bits per heavy atom. The lowest BCUT2D eigenvalue weighted by molar-refractivity contribution is 0.365. The first kappa shape index (κ1) is 30.9. The van der Waals surface area contributed by atoms with Crippen molar-refractivity contribution in [2.75, 3.05) is 11.5 Å². The Kier molecular flexibility index (Phi) is 8.17. The fourth-order valence-corrected chi connectivity index (χ4v) is 4.24. The zero-order valence-corrected chi connectivity index (χ0v) is 22.5. The van der Waals surface area contributed by atoms with Gasteiger partial charge in [-0.05, 0) is 35.4 Å². The van der Waals surface area contributed by atoms with Gasteiger partial charge in [0.15, 0.2) is 34.8 Å². The Morgan fingerprint density at radius 1 is 0.558 bits per heavy atom. The number of hydrogen-bond acceptors (Lipinski definition) is 4. The molecule has 0 bridgehead atoms. The van der Waals surface area contributed by atoms with E-state index in [-0.39, 0.29) is 22.9 Å². The molecule has 0 radical (unpaired) electrons. The minimum Gasteiger partial charge on any atom is -0.449 e. The van der Waals surface area contributed by atoms with Gasteiger partial charge < -0.3 is 20.9 Å². The van der Waals surface area contributed by atoms with Crippen LogP contribution in [-0.2, 0) is 5.41 Å². The van der Waals surface area contributed by atoms with Crippen molar-refractivity contribution in [1.29, 1.82) is 0 Å². The van der Waals surface area contributed by atoms with Crippen LogP contribution in [0.2, 0.25) is 0 Å². The molecule has 0 aliphatic carbocycles. The summed E-state index contributed by atoms with van der Waals surface area (Å²) < 4.78 is 124. The third kappa shape index (κ3) is 5.24. The minimum atomic E-state index is -1.78. The maximum atomic E-state index is 14.4. The summed E-state index contributed by atoms with van der Waals surface area (Å²) in [6.45, 7) is 9.70. The van der Waals surface area contributed by atoms with Crippen molar-refractivity contribution < 1.29 is 44.6 Å². The lowest BCUT2D eigenvalue weighted by atomic mass is 9.78. The SMILES string of the molecule is C=Cc1c(F)c(F)c(Oc2ccc(C(C)(C)c3ccc(Oc4c(F)c(F)c(C=C)c(F)c4F)c(N)c3)cc2N)c(F)c1F. The van der Waals surface area contributed by atoms with Gasteiger partial charge in [-0.25, -0.2) is 17.6 Å². The molecule has 4 aromatic rings. The maximum absolute atomic E-state index is 14.4. The largest absolute Gasteiger partial charge is 0.449 e. The Morgan fingerprint density at radius 3 is 1.12 bits per heavy atom. The Hall–Kier alpha value is -5.00. The summed E-state index contributed by atoms with van der Waals surface area (Å²) in [4.78, 5) is 0. The number of rotatable bonds is 8. The van der Waals surface area contributed by atoms with Crippen LogP contribution in [0.4, 0.5) is 46.5 Å². The van der Waals surface area contributed by atoms with E-state index in [2.05, 4.69) is 13.2 Å². The summed E-state index contributed by atoms with van der Waals surface area (Å²) in [6.07, 6.45) is 1.24. The summed E-state index contributed by atoms with van der Waals surface area (Å²) >= 11 is 0. The second-order valence-corrected chi connectivity index (χ2v) is 9.74. The predicted molar refractivity (Wildman–Crippen MR) is 147 cm³/mol. The topological polar surface area (TPSA) is 70.5 Å². The van der Waals surface area contributed by atoms with E-state index in [4.69, 9.17) is 20.9 Å². The molecule has 12 heteroatoms. The van der Waals surface area contributed by atoms with Crippen LogP contribution in [0.15, 0.2) is 49.6 Å². The molecule has 43 heavy (non-hydrogen) atoms. The van der Waals surface area contributed by atoms with E-state index in [1.54, 1.807) is 13.8 Å². The fourth-order valence-electron chi connectivity index (χ4n) is 4.24. The molecule has 0 amide bonds.